The Balaban J connectivity index is 1.61. The Morgan fingerprint density at radius 2 is 1.91 bits per heavy atom. The first-order valence-corrected chi connectivity index (χ1v) is 11.7. The molecular weight excluding hydrogens is 443 g/mol. The topological polar surface area (TPSA) is 93.1 Å². The highest BCUT2D eigenvalue weighted by Crippen LogP contribution is 2.38. The number of rotatable bonds is 9. The van der Waals surface area contributed by atoms with Crippen LogP contribution in [0.5, 0.6) is 0 Å². The number of amides is 1. The number of aromatic nitrogens is 1. The average molecular weight is 475 g/mol. The summed E-state index contributed by atoms with van der Waals surface area (Å²) >= 11 is 0. The molecule has 1 saturated heterocycles. The molecule has 0 bridgehead atoms. The molecule has 0 spiro atoms. The third-order valence-corrected chi connectivity index (χ3v) is 6.38. The molecule has 0 unspecified atom stereocenters. The van der Waals surface area contributed by atoms with Crippen molar-refractivity contribution in [2.45, 2.75) is 25.8 Å². The maximum Gasteiger partial charge on any atom is 0.344 e. The summed E-state index contributed by atoms with van der Waals surface area (Å²) in [5.41, 5.74) is 0.279. The van der Waals surface area contributed by atoms with E-state index in [0.29, 0.717) is 30.9 Å². The minimum absolute atomic E-state index is 0.138. The van der Waals surface area contributed by atoms with Crippen molar-refractivity contribution in [3.05, 3.63) is 39.9 Å². The molecule has 0 atom stereocenters. The number of pyridine rings is 1. The molecule has 184 valence electrons. The minimum atomic E-state index is -0.900. The van der Waals surface area contributed by atoms with Gasteiger partial charge in [-0.25, -0.2) is 9.18 Å². The SMILES string of the molecule is CCN1CCN(c2cc3c(cc2F)c(=O)c(C(=O)OCC(=O)NCCOC)cn3C2CC2)CC1. The van der Waals surface area contributed by atoms with Crippen molar-refractivity contribution in [3.8, 4) is 0 Å². The van der Waals surface area contributed by atoms with Crippen LogP contribution in [0.15, 0.2) is 23.1 Å². The molecule has 1 amide bonds. The molecule has 0 radical (unpaired) electrons. The number of hydrogen-bond acceptors (Lipinski definition) is 7. The van der Waals surface area contributed by atoms with Crippen molar-refractivity contribution in [1.29, 1.82) is 0 Å². The van der Waals surface area contributed by atoms with Gasteiger partial charge in [-0.05, 0) is 31.5 Å². The van der Waals surface area contributed by atoms with E-state index in [0.717, 1.165) is 32.5 Å². The Morgan fingerprint density at radius 3 is 2.56 bits per heavy atom. The van der Waals surface area contributed by atoms with Gasteiger partial charge in [0.05, 0.1) is 17.8 Å². The molecule has 1 aliphatic heterocycles. The molecule has 4 rings (SSSR count). The smallest absolute Gasteiger partial charge is 0.344 e. The number of halogens is 1. The number of fused-ring (bicyclic) bond motifs is 1. The van der Waals surface area contributed by atoms with Gasteiger partial charge in [-0.15, -0.1) is 0 Å². The third kappa shape index (κ3) is 5.23. The number of benzene rings is 1. The molecule has 10 heteroatoms. The van der Waals surface area contributed by atoms with Crippen molar-refractivity contribution in [2.75, 3.05) is 64.5 Å². The van der Waals surface area contributed by atoms with E-state index < -0.39 is 29.7 Å². The first-order chi connectivity index (χ1) is 16.4. The van der Waals surface area contributed by atoms with Crippen molar-refractivity contribution in [2.24, 2.45) is 0 Å². The lowest BCUT2D eigenvalue weighted by Gasteiger charge is -2.35. The van der Waals surface area contributed by atoms with Gasteiger partial charge in [0.25, 0.3) is 5.91 Å². The van der Waals surface area contributed by atoms with Crippen LogP contribution in [-0.4, -0.2) is 80.9 Å². The standard InChI is InChI=1S/C24H31FN4O5/c1-3-27-7-9-28(10-8-27)21-13-20-17(12-19(21)25)23(31)18(14-29(20)16-4-5-16)24(32)34-15-22(30)26-6-11-33-2/h12-14,16H,3-11,15H2,1-2H3,(H,26,30). The van der Waals surface area contributed by atoms with Crippen LogP contribution in [0.4, 0.5) is 10.1 Å². The molecule has 9 nitrogen and oxygen atoms in total. The van der Waals surface area contributed by atoms with Crippen LogP contribution in [0.2, 0.25) is 0 Å². The molecule has 1 aromatic heterocycles. The summed E-state index contributed by atoms with van der Waals surface area (Å²) in [6, 6.07) is 3.10. The fourth-order valence-corrected chi connectivity index (χ4v) is 4.26. The number of carbonyl (C=O) groups is 2. The van der Waals surface area contributed by atoms with Gasteiger partial charge in [0.1, 0.15) is 11.4 Å². The summed E-state index contributed by atoms with van der Waals surface area (Å²) in [6.07, 6.45) is 3.32. The number of ether oxygens (including phenoxy) is 2. The van der Waals surface area contributed by atoms with Gasteiger partial charge in [0.2, 0.25) is 5.43 Å². The van der Waals surface area contributed by atoms with Gasteiger partial charge < -0.3 is 29.2 Å². The summed E-state index contributed by atoms with van der Waals surface area (Å²) in [7, 11) is 1.51. The summed E-state index contributed by atoms with van der Waals surface area (Å²) in [6.45, 7) is 6.30. The Morgan fingerprint density at radius 1 is 1.18 bits per heavy atom. The van der Waals surface area contributed by atoms with Crippen LogP contribution in [-0.2, 0) is 14.3 Å². The van der Waals surface area contributed by atoms with Crippen LogP contribution < -0.4 is 15.6 Å². The van der Waals surface area contributed by atoms with Crippen LogP contribution in [0.1, 0.15) is 36.2 Å². The molecule has 34 heavy (non-hydrogen) atoms. The zero-order valence-electron chi connectivity index (χ0n) is 19.6. The van der Waals surface area contributed by atoms with Crippen molar-refractivity contribution in [1.82, 2.24) is 14.8 Å². The predicted molar refractivity (Wildman–Crippen MR) is 126 cm³/mol. The summed E-state index contributed by atoms with van der Waals surface area (Å²) in [4.78, 5) is 41.9. The maximum atomic E-state index is 15.2. The molecule has 2 heterocycles. The van der Waals surface area contributed by atoms with Crippen molar-refractivity contribution in [3.63, 3.8) is 0 Å². The number of carbonyl (C=O) groups excluding carboxylic acids is 2. The highest BCUT2D eigenvalue weighted by atomic mass is 19.1. The molecule has 2 fully saturated rings. The maximum absolute atomic E-state index is 15.2. The molecule has 1 aliphatic carbocycles. The Bertz CT molecular complexity index is 1120. The highest BCUT2D eigenvalue weighted by Gasteiger charge is 2.29. The van der Waals surface area contributed by atoms with Gasteiger partial charge in [-0.2, -0.15) is 0 Å². The fourth-order valence-electron chi connectivity index (χ4n) is 4.26. The largest absolute Gasteiger partial charge is 0.452 e. The van der Waals surface area contributed by atoms with E-state index in [9.17, 15) is 14.4 Å². The van der Waals surface area contributed by atoms with Crippen LogP contribution >= 0.6 is 0 Å². The first kappa shape index (κ1) is 24.2. The minimum Gasteiger partial charge on any atom is -0.452 e. The predicted octanol–water partition coefficient (Wildman–Crippen LogP) is 1.54. The Kier molecular flexibility index (Phi) is 7.47. The Labute approximate surface area is 197 Å². The van der Waals surface area contributed by atoms with Gasteiger partial charge in [0.15, 0.2) is 6.61 Å². The molecule has 1 saturated carbocycles. The lowest BCUT2D eigenvalue weighted by molar-refractivity contribution is -0.124. The number of anilines is 1. The van der Waals surface area contributed by atoms with Crippen molar-refractivity contribution >= 4 is 28.5 Å². The van der Waals surface area contributed by atoms with E-state index in [4.69, 9.17) is 9.47 Å². The zero-order chi connectivity index (χ0) is 24.2. The number of methoxy groups -OCH3 is 1. The number of nitrogens with zero attached hydrogens (tertiary/aromatic N) is 3. The van der Waals surface area contributed by atoms with Crippen molar-refractivity contribution < 1.29 is 23.5 Å². The van der Waals surface area contributed by atoms with E-state index in [-0.39, 0.29) is 23.5 Å². The van der Waals surface area contributed by atoms with E-state index in [1.54, 1.807) is 6.07 Å². The molecule has 2 aliphatic rings. The summed E-state index contributed by atoms with van der Waals surface area (Å²) in [5.74, 6) is -1.88. The number of likely N-dealkylation sites (N-methyl/N-ethyl adjacent to an activating group) is 1. The lowest BCUT2D eigenvalue weighted by Crippen LogP contribution is -2.46. The summed E-state index contributed by atoms with van der Waals surface area (Å²) in [5, 5.41) is 2.68. The zero-order valence-corrected chi connectivity index (χ0v) is 19.6. The molecule has 2 aromatic rings. The third-order valence-electron chi connectivity index (χ3n) is 6.38. The van der Waals surface area contributed by atoms with Gasteiger partial charge in [-0.1, -0.05) is 6.92 Å². The van der Waals surface area contributed by atoms with Gasteiger partial charge >= 0.3 is 5.97 Å². The van der Waals surface area contributed by atoms with Gasteiger partial charge in [-0.3, -0.25) is 9.59 Å². The molecule has 1 aromatic carbocycles. The number of piperazine rings is 1. The monoisotopic (exact) mass is 474 g/mol. The Hall–Kier alpha value is -2.98. The quantitative estimate of drug-likeness (QED) is 0.435. The van der Waals surface area contributed by atoms with Crippen LogP contribution in [0, 0.1) is 5.82 Å². The normalized spacial score (nSPS) is 16.6. The average Bonchev–Trinajstić information content (AvgIpc) is 3.68. The second kappa shape index (κ2) is 10.5. The van der Waals surface area contributed by atoms with E-state index >= 15 is 4.39 Å². The summed E-state index contributed by atoms with van der Waals surface area (Å²) < 4.78 is 26.9. The molecular formula is C24H31FN4O5. The van der Waals surface area contributed by atoms with E-state index in [2.05, 4.69) is 17.1 Å². The second-order valence-corrected chi connectivity index (χ2v) is 8.67. The highest BCUT2D eigenvalue weighted by molar-refractivity contribution is 5.95. The number of hydrogen-bond donors (Lipinski definition) is 1. The van der Waals surface area contributed by atoms with E-state index in [1.807, 2.05) is 9.47 Å². The lowest BCUT2D eigenvalue weighted by atomic mass is 10.1. The van der Waals surface area contributed by atoms with Crippen LogP contribution in [0.25, 0.3) is 10.9 Å². The number of esters is 1. The first-order valence-electron chi connectivity index (χ1n) is 11.7. The fraction of sp³-hybridized carbons (Fsp3) is 0.542. The number of nitrogens with one attached hydrogen (secondary N) is 1. The van der Waals surface area contributed by atoms with Crippen LogP contribution in [0.3, 0.4) is 0 Å². The second-order valence-electron chi connectivity index (χ2n) is 8.67. The molecule has 1 N–H and O–H groups in total. The van der Waals surface area contributed by atoms with Gasteiger partial charge in [0, 0.05) is 57.5 Å². The van der Waals surface area contributed by atoms with E-state index in [1.165, 1.54) is 19.4 Å².